The molecule has 0 spiro atoms. The van der Waals surface area contributed by atoms with E-state index in [1.54, 1.807) is 11.3 Å². The topological polar surface area (TPSA) is 52.7 Å². The third-order valence-electron chi connectivity index (χ3n) is 7.66. The van der Waals surface area contributed by atoms with Gasteiger partial charge in [-0.05, 0) is 67.7 Å². The molecule has 0 aromatic carbocycles. The van der Waals surface area contributed by atoms with E-state index >= 15 is 0 Å². The Labute approximate surface area is 183 Å². The number of nitrogens with one attached hydrogen (secondary N) is 1. The zero-order valence-electron chi connectivity index (χ0n) is 17.0. The minimum atomic E-state index is -0.0413. The Balaban J connectivity index is 0.00000205. The minimum absolute atomic E-state index is 0. The lowest BCUT2D eigenvalue weighted by molar-refractivity contribution is -0.146. The summed E-state index contributed by atoms with van der Waals surface area (Å²) in [5, 5.41) is 7.16. The molecule has 1 aromatic rings. The third kappa shape index (κ3) is 4.21. The summed E-state index contributed by atoms with van der Waals surface area (Å²) in [6.45, 7) is 4.96. The van der Waals surface area contributed by atoms with E-state index < -0.39 is 0 Å². The Morgan fingerprint density at radius 1 is 1.03 bits per heavy atom. The summed E-state index contributed by atoms with van der Waals surface area (Å²) in [5.41, 5.74) is 0.765. The van der Waals surface area contributed by atoms with Crippen molar-refractivity contribution in [2.24, 2.45) is 23.2 Å². The van der Waals surface area contributed by atoms with E-state index in [9.17, 15) is 9.59 Å². The van der Waals surface area contributed by atoms with E-state index in [0.717, 1.165) is 81.8 Å². The standard InChI is InChI=1S/C22H31N3O2S.ClH/c26-20(19-1-8-28-15-19)25-6-4-24(5-7-25)3-2-23-21(27)22-12-16-9-17(13-22)11-18(10-16)14-22;/h1,8,15-18H,2-7,9-14H2,(H,23,27);1H. The number of carbonyl (C=O) groups excluding carboxylic acids is 2. The van der Waals surface area contributed by atoms with Gasteiger partial charge in [0, 0.05) is 50.1 Å². The van der Waals surface area contributed by atoms with Crippen LogP contribution < -0.4 is 5.32 Å². The van der Waals surface area contributed by atoms with Gasteiger partial charge in [-0.3, -0.25) is 14.5 Å². The molecule has 5 aliphatic rings. The summed E-state index contributed by atoms with van der Waals surface area (Å²) >= 11 is 1.57. The first-order valence-electron chi connectivity index (χ1n) is 10.9. The molecule has 0 radical (unpaired) electrons. The van der Waals surface area contributed by atoms with Gasteiger partial charge in [-0.25, -0.2) is 0 Å². The number of amides is 2. The molecule has 0 unspecified atom stereocenters. The highest BCUT2D eigenvalue weighted by atomic mass is 35.5. The van der Waals surface area contributed by atoms with Crippen molar-refractivity contribution in [2.45, 2.75) is 38.5 Å². The number of thiophene rings is 1. The van der Waals surface area contributed by atoms with Crippen molar-refractivity contribution in [3.8, 4) is 0 Å². The maximum Gasteiger partial charge on any atom is 0.254 e. The Bertz CT molecular complexity index is 695. The van der Waals surface area contributed by atoms with Crippen LogP contribution in [-0.2, 0) is 4.79 Å². The van der Waals surface area contributed by atoms with Gasteiger partial charge < -0.3 is 10.2 Å². The van der Waals surface area contributed by atoms with Crippen LogP contribution in [0.5, 0.6) is 0 Å². The van der Waals surface area contributed by atoms with Crippen LogP contribution in [0, 0.1) is 23.2 Å². The SMILES string of the molecule is Cl.O=C(c1ccsc1)N1CCN(CCNC(=O)C23CC4CC(CC(C4)C2)C3)CC1. The van der Waals surface area contributed by atoms with Gasteiger partial charge in [0.05, 0.1) is 5.56 Å². The van der Waals surface area contributed by atoms with E-state index in [0.29, 0.717) is 5.91 Å². The van der Waals surface area contributed by atoms with Crippen molar-refractivity contribution >= 4 is 35.6 Å². The summed E-state index contributed by atoms with van der Waals surface area (Å²) in [7, 11) is 0. The smallest absolute Gasteiger partial charge is 0.254 e. The molecule has 29 heavy (non-hydrogen) atoms. The molecule has 7 heteroatoms. The molecule has 160 valence electrons. The lowest BCUT2D eigenvalue weighted by atomic mass is 9.49. The van der Waals surface area contributed by atoms with E-state index in [4.69, 9.17) is 0 Å². The molecule has 1 aliphatic heterocycles. The first-order valence-corrected chi connectivity index (χ1v) is 11.9. The number of carbonyl (C=O) groups is 2. The van der Waals surface area contributed by atoms with Crippen LogP contribution in [0.15, 0.2) is 16.8 Å². The molecular formula is C22H32ClN3O2S. The molecular weight excluding hydrogens is 406 g/mol. The largest absolute Gasteiger partial charge is 0.354 e. The number of nitrogens with zero attached hydrogens (tertiary/aromatic N) is 2. The van der Waals surface area contributed by atoms with Crippen molar-refractivity contribution in [2.75, 3.05) is 39.3 Å². The van der Waals surface area contributed by atoms with Crippen molar-refractivity contribution in [3.05, 3.63) is 22.4 Å². The Morgan fingerprint density at radius 3 is 2.21 bits per heavy atom. The van der Waals surface area contributed by atoms with Gasteiger partial charge in [-0.2, -0.15) is 11.3 Å². The Hall–Kier alpha value is -1.11. The van der Waals surface area contributed by atoms with Crippen LogP contribution in [0.3, 0.4) is 0 Å². The highest BCUT2D eigenvalue weighted by Gasteiger charge is 2.54. The van der Waals surface area contributed by atoms with E-state index in [1.165, 1.54) is 19.3 Å². The average molecular weight is 438 g/mol. The van der Waals surface area contributed by atoms with Crippen molar-refractivity contribution in [1.29, 1.82) is 0 Å². The summed E-state index contributed by atoms with van der Waals surface area (Å²) in [4.78, 5) is 29.8. The molecule has 4 aliphatic carbocycles. The number of rotatable bonds is 5. The number of hydrogen-bond donors (Lipinski definition) is 1. The molecule has 4 bridgehead atoms. The zero-order valence-corrected chi connectivity index (χ0v) is 18.6. The Kier molecular flexibility index (Phi) is 6.24. The van der Waals surface area contributed by atoms with E-state index in [1.807, 2.05) is 21.7 Å². The van der Waals surface area contributed by atoms with E-state index in [2.05, 4.69) is 10.2 Å². The molecule has 5 fully saturated rings. The zero-order chi connectivity index (χ0) is 19.1. The van der Waals surface area contributed by atoms with Crippen molar-refractivity contribution < 1.29 is 9.59 Å². The number of halogens is 1. The lowest BCUT2D eigenvalue weighted by Gasteiger charge is -2.55. The van der Waals surface area contributed by atoms with Crippen LogP contribution in [-0.4, -0.2) is 60.9 Å². The fourth-order valence-corrected chi connectivity index (χ4v) is 7.28. The predicted octanol–water partition coefficient (Wildman–Crippen LogP) is 3.26. The number of hydrogen-bond acceptors (Lipinski definition) is 4. The summed E-state index contributed by atoms with van der Waals surface area (Å²) < 4.78 is 0. The highest BCUT2D eigenvalue weighted by Crippen LogP contribution is 2.60. The fourth-order valence-electron chi connectivity index (χ4n) is 6.65. The highest BCUT2D eigenvalue weighted by molar-refractivity contribution is 7.08. The van der Waals surface area contributed by atoms with Crippen LogP contribution >= 0.6 is 23.7 Å². The fraction of sp³-hybridized carbons (Fsp3) is 0.727. The molecule has 6 rings (SSSR count). The van der Waals surface area contributed by atoms with Gasteiger partial charge in [0.2, 0.25) is 5.91 Å². The van der Waals surface area contributed by atoms with Crippen molar-refractivity contribution in [1.82, 2.24) is 15.1 Å². The maximum absolute atomic E-state index is 13.0. The second-order valence-electron chi connectivity index (χ2n) is 9.60. The van der Waals surface area contributed by atoms with Gasteiger partial charge in [-0.15, -0.1) is 12.4 Å². The van der Waals surface area contributed by atoms with Gasteiger partial charge >= 0.3 is 0 Å². The summed E-state index contributed by atoms with van der Waals surface area (Å²) in [6, 6.07) is 1.90. The molecule has 2 amide bonds. The molecule has 1 N–H and O–H groups in total. The van der Waals surface area contributed by atoms with Crippen LogP contribution in [0.25, 0.3) is 0 Å². The van der Waals surface area contributed by atoms with E-state index in [-0.39, 0.29) is 23.7 Å². The Morgan fingerprint density at radius 2 is 1.66 bits per heavy atom. The lowest BCUT2D eigenvalue weighted by Crippen LogP contribution is -2.55. The van der Waals surface area contributed by atoms with Gasteiger partial charge in [0.1, 0.15) is 0 Å². The molecule has 5 nitrogen and oxygen atoms in total. The van der Waals surface area contributed by atoms with Gasteiger partial charge in [-0.1, -0.05) is 0 Å². The molecule has 2 heterocycles. The normalized spacial score (nSPS) is 33.4. The van der Waals surface area contributed by atoms with Crippen LogP contribution in [0.1, 0.15) is 48.9 Å². The molecule has 4 saturated carbocycles. The predicted molar refractivity (Wildman–Crippen MR) is 118 cm³/mol. The third-order valence-corrected chi connectivity index (χ3v) is 8.34. The minimum Gasteiger partial charge on any atom is -0.354 e. The van der Waals surface area contributed by atoms with Gasteiger partial charge in [0.15, 0.2) is 0 Å². The first-order chi connectivity index (χ1) is 13.6. The molecule has 1 aromatic heterocycles. The van der Waals surface area contributed by atoms with Crippen LogP contribution in [0.2, 0.25) is 0 Å². The second-order valence-corrected chi connectivity index (χ2v) is 10.4. The molecule has 0 atom stereocenters. The average Bonchev–Trinajstić information content (AvgIpc) is 3.22. The summed E-state index contributed by atoms with van der Waals surface area (Å²) in [6.07, 6.45) is 7.53. The summed E-state index contributed by atoms with van der Waals surface area (Å²) in [5.74, 6) is 2.91. The maximum atomic E-state index is 13.0. The molecule has 1 saturated heterocycles. The second kappa shape index (κ2) is 8.56. The first kappa shape index (κ1) is 21.1. The monoisotopic (exact) mass is 437 g/mol. The number of piperazine rings is 1. The van der Waals surface area contributed by atoms with Crippen LogP contribution in [0.4, 0.5) is 0 Å². The van der Waals surface area contributed by atoms with Crippen molar-refractivity contribution in [3.63, 3.8) is 0 Å². The quantitative estimate of drug-likeness (QED) is 0.769. The van der Waals surface area contributed by atoms with Gasteiger partial charge in [0.25, 0.3) is 5.91 Å².